The van der Waals surface area contributed by atoms with E-state index in [0.717, 1.165) is 10.3 Å². The molecular formula is C19H19N3O7S. The van der Waals surface area contributed by atoms with Crippen LogP contribution in [0.4, 0.5) is 5.69 Å². The Hall–Kier alpha value is -3.21. The summed E-state index contributed by atoms with van der Waals surface area (Å²) in [6, 6.07) is 5.19. The Morgan fingerprint density at radius 1 is 1.30 bits per heavy atom. The number of rotatable bonds is 5. The average molecular weight is 433 g/mol. The molecule has 2 aromatic heterocycles. The molecule has 0 spiro atoms. The summed E-state index contributed by atoms with van der Waals surface area (Å²) in [5.74, 6) is -0.999. The van der Waals surface area contributed by atoms with Crippen molar-refractivity contribution in [2.75, 3.05) is 11.5 Å². The first-order chi connectivity index (χ1) is 14.1. The van der Waals surface area contributed by atoms with E-state index in [-0.39, 0.29) is 46.7 Å². The van der Waals surface area contributed by atoms with Gasteiger partial charge in [0, 0.05) is 35.1 Å². The third kappa shape index (κ3) is 3.34. The summed E-state index contributed by atoms with van der Waals surface area (Å²) >= 11 is 0. The highest BCUT2D eigenvalue weighted by Gasteiger charge is 2.32. The number of nitrogens with zero attached hydrogens (tertiary/aromatic N) is 3. The van der Waals surface area contributed by atoms with Gasteiger partial charge >= 0.3 is 5.76 Å². The van der Waals surface area contributed by atoms with Crippen molar-refractivity contribution in [1.82, 2.24) is 9.13 Å². The molecule has 3 aromatic rings. The number of nitro groups is 1. The fraction of sp³-hybridized carbons (Fsp3) is 0.368. The number of non-ortho nitro benzene ring substituents is 1. The van der Waals surface area contributed by atoms with Gasteiger partial charge in [0.25, 0.3) is 5.69 Å². The summed E-state index contributed by atoms with van der Waals surface area (Å²) in [7, 11) is -3.09. The van der Waals surface area contributed by atoms with Gasteiger partial charge in [-0.15, -0.1) is 0 Å². The third-order valence-corrected chi connectivity index (χ3v) is 7.27. The molecule has 0 saturated carbocycles. The van der Waals surface area contributed by atoms with Crippen LogP contribution in [0.2, 0.25) is 0 Å². The summed E-state index contributed by atoms with van der Waals surface area (Å²) in [6.07, 6.45) is 0.488. The van der Waals surface area contributed by atoms with E-state index >= 15 is 0 Å². The van der Waals surface area contributed by atoms with Crippen LogP contribution in [0.1, 0.15) is 34.2 Å². The third-order valence-electron chi connectivity index (χ3n) is 5.52. The number of ketones is 1. The minimum atomic E-state index is -3.09. The van der Waals surface area contributed by atoms with Gasteiger partial charge in [0.05, 0.1) is 28.5 Å². The maximum atomic E-state index is 13.0. The van der Waals surface area contributed by atoms with Gasteiger partial charge in [0.2, 0.25) is 0 Å². The van der Waals surface area contributed by atoms with Gasteiger partial charge in [-0.25, -0.2) is 13.2 Å². The minimum absolute atomic E-state index is 0.0342. The molecule has 0 bridgehead atoms. The molecule has 1 atom stereocenters. The van der Waals surface area contributed by atoms with Crippen LogP contribution in [0.15, 0.2) is 33.5 Å². The number of hydrogen-bond acceptors (Lipinski definition) is 7. The summed E-state index contributed by atoms with van der Waals surface area (Å²) in [6.45, 7) is 3.20. The Balaban J connectivity index is 1.69. The predicted molar refractivity (Wildman–Crippen MR) is 108 cm³/mol. The lowest BCUT2D eigenvalue weighted by Crippen LogP contribution is -2.21. The van der Waals surface area contributed by atoms with Gasteiger partial charge in [0.15, 0.2) is 21.2 Å². The summed E-state index contributed by atoms with van der Waals surface area (Å²) in [5, 5.41) is 11.0. The van der Waals surface area contributed by atoms with Crippen molar-refractivity contribution in [3.8, 4) is 0 Å². The number of aryl methyl sites for hydroxylation is 1. The SMILES string of the molecule is Cc1cc(C(=O)Cn2c(=O)oc3ccc([N+](=O)[O-])cc32)c(C)n1C1CCS(=O)(=O)C1. The topological polar surface area (TPSA) is 134 Å². The van der Waals surface area contributed by atoms with Crippen molar-refractivity contribution in [3.63, 3.8) is 0 Å². The molecule has 1 fully saturated rings. The Bertz CT molecular complexity index is 1360. The number of carbonyl (C=O) groups excluding carboxylic acids is 1. The van der Waals surface area contributed by atoms with E-state index in [0.29, 0.717) is 17.7 Å². The van der Waals surface area contributed by atoms with Gasteiger partial charge in [-0.2, -0.15) is 0 Å². The number of Topliss-reactive ketones (excluding diaryl/α,β-unsaturated/α-hetero) is 1. The van der Waals surface area contributed by atoms with Crippen LogP contribution in [0.5, 0.6) is 0 Å². The van der Waals surface area contributed by atoms with Crippen molar-refractivity contribution < 1.29 is 22.6 Å². The molecule has 158 valence electrons. The number of aromatic nitrogens is 2. The minimum Gasteiger partial charge on any atom is -0.408 e. The van der Waals surface area contributed by atoms with E-state index in [9.17, 15) is 28.1 Å². The molecule has 1 unspecified atom stereocenters. The van der Waals surface area contributed by atoms with Gasteiger partial charge in [0.1, 0.15) is 0 Å². The zero-order valence-corrected chi connectivity index (χ0v) is 17.1. The molecule has 4 rings (SSSR count). The Kier molecular flexibility index (Phi) is 4.64. The summed E-state index contributed by atoms with van der Waals surface area (Å²) in [5.41, 5.74) is 1.87. The van der Waals surface area contributed by atoms with E-state index in [2.05, 4.69) is 0 Å². The molecular weight excluding hydrogens is 414 g/mol. The molecule has 1 saturated heterocycles. The van der Waals surface area contributed by atoms with Crippen LogP contribution in [-0.4, -0.2) is 39.8 Å². The second kappa shape index (κ2) is 6.94. The van der Waals surface area contributed by atoms with Crippen molar-refractivity contribution in [2.24, 2.45) is 0 Å². The van der Waals surface area contributed by atoms with Crippen LogP contribution >= 0.6 is 0 Å². The number of fused-ring (bicyclic) bond motifs is 1. The van der Waals surface area contributed by atoms with Crippen LogP contribution in [0, 0.1) is 24.0 Å². The summed E-state index contributed by atoms with van der Waals surface area (Å²) < 4.78 is 31.7. The lowest BCUT2D eigenvalue weighted by molar-refractivity contribution is -0.384. The van der Waals surface area contributed by atoms with Gasteiger partial charge in [-0.3, -0.25) is 19.5 Å². The highest BCUT2D eigenvalue weighted by Crippen LogP contribution is 2.29. The van der Waals surface area contributed by atoms with E-state index in [1.807, 2.05) is 4.57 Å². The van der Waals surface area contributed by atoms with Crippen molar-refractivity contribution in [3.05, 3.63) is 61.9 Å². The van der Waals surface area contributed by atoms with Crippen LogP contribution in [-0.2, 0) is 16.4 Å². The first-order valence-corrected chi connectivity index (χ1v) is 11.1. The highest BCUT2D eigenvalue weighted by atomic mass is 32.2. The predicted octanol–water partition coefficient (Wildman–Crippen LogP) is 2.16. The lowest BCUT2D eigenvalue weighted by Gasteiger charge is -2.16. The molecule has 1 aliphatic heterocycles. The second-order valence-corrected chi connectivity index (χ2v) is 9.73. The maximum Gasteiger partial charge on any atom is 0.420 e. The highest BCUT2D eigenvalue weighted by molar-refractivity contribution is 7.91. The number of oxazole rings is 1. The number of benzene rings is 1. The standard InChI is InChI=1S/C19H19N3O7S/c1-11-7-15(12(2)21(11)14-5-6-30(27,28)10-14)17(23)9-20-16-8-13(22(25)26)3-4-18(16)29-19(20)24/h3-4,7-8,14H,5-6,9-10H2,1-2H3. The first-order valence-electron chi connectivity index (χ1n) is 9.27. The first kappa shape index (κ1) is 20.1. The lowest BCUT2D eigenvalue weighted by atomic mass is 10.1. The number of nitro benzene ring substituents is 1. The smallest absolute Gasteiger partial charge is 0.408 e. The molecule has 1 aliphatic rings. The van der Waals surface area contributed by atoms with E-state index in [1.165, 1.54) is 18.2 Å². The average Bonchev–Trinajstić information content (AvgIpc) is 3.27. The Morgan fingerprint density at radius 3 is 2.67 bits per heavy atom. The molecule has 0 aliphatic carbocycles. The maximum absolute atomic E-state index is 13.0. The largest absolute Gasteiger partial charge is 0.420 e. The quantitative estimate of drug-likeness (QED) is 0.342. The van der Waals surface area contributed by atoms with E-state index < -0.39 is 20.5 Å². The van der Waals surface area contributed by atoms with Crippen LogP contribution in [0.25, 0.3) is 11.1 Å². The van der Waals surface area contributed by atoms with E-state index in [1.54, 1.807) is 19.9 Å². The second-order valence-electron chi connectivity index (χ2n) is 7.50. The van der Waals surface area contributed by atoms with Crippen molar-refractivity contribution >= 4 is 32.4 Å². The van der Waals surface area contributed by atoms with Gasteiger partial charge in [-0.05, 0) is 32.4 Å². The Labute approximate surface area is 170 Å². The number of carbonyl (C=O) groups is 1. The molecule has 11 heteroatoms. The zero-order valence-electron chi connectivity index (χ0n) is 16.3. The van der Waals surface area contributed by atoms with Crippen LogP contribution in [0.3, 0.4) is 0 Å². The molecule has 1 aromatic carbocycles. The molecule has 0 radical (unpaired) electrons. The van der Waals surface area contributed by atoms with Crippen molar-refractivity contribution in [1.29, 1.82) is 0 Å². The fourth-order valence-corrected chi connectivity index (χ4v) is 5.84. The molecule has 0 N–H and O–H groups in total. The van der Waals surface area contributed by atoms with Crippen molar-refractivity contribution in [2.45, 2.75) is 32.9 Å². The zero-order chi connectivity index (χ0) is 21.8. The fourth-order valence-electron chi connectivity index (χ4n) is 4.14. The molecule has 30 heavy (non-hydrogen) atoms. The Morgan fingerprint density at radius 2 is 2.03 bits per heavy atom. The number of sulfone groups is 1. The molecule has 0 amide bonds. The monoisotopic (exact) mass is 433 g/mol. The van der Waals surface area contributed by atoms with Gasteiger partial charge in [-0.1, -0.05) is 0 Å². The molecule has 3 heterocycles. The van der Waals surface area contributed by atoms with Gasteiger partial charge < -0.3 is 8.98 Å². The number of hydrogen-bond donors (Lipinski definition) is 0. The summed E-state index contributed by atoms with van der Waals surface area (Å²) in [4.78, 5) is 35.7. The molecule has 10 nitrogen and oxygen atoms in total. The normalized spacial score (nSPS) is 18.1. The van der Waals surface area contributed by atoms with Crippen LogP contribution < -0.4 is 5.76 Å². The van der Waals surface area contributed by atoms with E-state index in [4.69, 9.17) is 4.42 Å².